The fourth-order valence-corrected chi connectivity index (χ4v) is 1.59. The molecule has 9 nitrogen and oxygen atoms in total. The number of nitrogens with one attached hydrogen (secondary N) is 1. The van der Waals surface area contributed by atoms with Crippen LogP contribution in [0, 0.1) is 10.1 Å². The lowest BCUT2D eigenvalue weighted by Gasteiger charge is -2.19. The number of hydrogen-bond acceptors (Lipinski definition) is 8. The molecule has 1 heterocycles. The summed E-state index contributed by atoms with van der Waals surface area (Å²) in [6.45, 7) is 0.0618. The molecule has 0 spiro atoms. The van der Waals surface area contributed by atoms with Gasteiger partial charge in [0.05, 0.1) is 23.8 Å². The van der Waals surface area contributed by atoms with Crippen LogP contribution in [0.15, 0.2) is 35.6 Å². The Balaban J connectivity index is 2.17. The topological polar surface area (TPSA) is 106 Å². The van der Waals surface area contributed by atoms with Crippen LogP contribution in [0.1, 0.15) is 10.4 Å². The minimum absolute atomic E-state index is 0.0618. The largest absolute Gasteiger partial charge is 0.465 e. The Morgan fingerprint density at radius 1 is 1.57 bits per heavy atom. The maximum Gasteiger partial charge on any atom is 0.337 e. The van der Waals surface area contributed by atoms with E-state index in [2.05, 4.69) is 15.2 Å². The van der Waals surface area contributed by atoms with Gasteiger partial charge in [0.15, 0.2) is 0 Å². The zero-order chi connectivity index (χ0) is 15.2. The number of anilines is 1. The third-order valence-electron chi connectivity index (χ3n) is 2.56. The Morgan fingerprint density at radius 3 is 3.00 bits per heavy atom. The molecule has 21 heavy (non-hydrogen) atoms. The zero-order valence-corrected chi connectivity index (χ0v) is 11.1. The molecule has 2 rings (SSSR count). The molecule has 0 saturated heterocycles. The van der Waals surface area contributed by atoms with Gasteiger partial charge in [0.1, 0.15) is 18.6 Å². The number of carbonyl (C=O) groups excluding carboxylic acids is 1. The summed E-state index contributed by atoms with van der Waals surface area (Å²) in [6.07, 6.45) is 4.51. The van der Waals surface area contributed by atoms with E-state index in [-0.39, 0.29) is 23.6 Å². The Kier molecular flexibility index (Phi) is 4.34. The molecule has 0 fully saturated rings. The van der Waals surface area contributed by atoms with Crippen LogP contribution in [0.25, 0.3) is 0 Å². The molecule has 9 heteroatoms. The van der Waals surface area contributed by atoms with E-state index in [1.807, 2.05) is 0 Å². The van der Waals surface area contributed by atoms with Crippen molar-refractivity contribution >= 4 is 23.6 Å². The van der Waals surface area contributed by atoms with Crippen molar-refractivity contribution in [2.24, 2.45) is 5.10 Å². The van der Waals surface area contributed by atoms with E-state index in [4.69, 9.17) is 4.84 Å². The summed E-state index contributed by atoms with van der Waals surface area (Å²) >= 11 is 0. The number of methoxy groups -OCH3 is 1. The Labute approximate surface area is 119 Å². The molecule has 0 aromatic heterocycles. The number of rotatable bonds is 5. The lowest BCUT2D eigenvalue weighted by molar-refractivity contribution is -0.384. The predicted molar refractivity (Wildman–Crippen MR) is 73.5 cm³/mol. The molecule has 0 unspecified atom stereocenters. The van der Waals surface area contributed by atoms with E-state index in [1.54, 1.807) is 6.08 Å². The highest BCUT2D eigenvalue weighted by atomic mass is 16.7. The van der Waals surface area contributed by atoms with Gasteiger partial charge in [-0.25, -0.2) is 4.79 Å². The molecular formula is C12H12N4O5. The normalized spacial score (nSPS) is 12.7. The number of nitrogens with zero attached hydrogens (tertiary/aromatic N) is 3. The second-order valence-electron chi connectivity index (χ2n) is 3.87. The smallest absolute Gasteiger partial charge is 0.337 e. The second kappa shape index (κ2) is 6.37. The minimum atomic E-state index is -0.580. The van der Waals surface area contributed by atoms with E-state index in [1.165, 1.54) is 43.0 Å². The molecule has 1 aliphatic heterocycles. The third kappa shape index (κ3) is 3.47. The fraction of sp³-hybridized carbons (Fsp3) is 0.167. The number of nitro groups is 1. The maximum absolute atomic E-state index is 11.5. The molecule has 1 N–H and O–H groups in total. The molecule has 0 saturated carbocycles. The van der Waals surface area contributed by atoms with Crippen LogP contribution in [0.4, 0.5) is 11.4 Å². The van der Waals surface area contributed by atoms with Gasteiger partial charge in [0, 0.05) is 6.07 Å². The number of ether oxygens (including phenoxy) is 1. The summed E-state index contributed by atoms with van der Waals surface area (Å²) in [6, 6.07) is 3.90. The Hall–Kier alpha value is -3.10. The van der Waals surface area contributed by atoms with Gasteiger partial charge < -0.3 is 14.9 Å². The second-order valence-corrected chi connectivity index (χ2v) is 3.87. The van der Waals surface area contributed by atoms with Gasteiger partial charge in [-0.1, -0.05) is 0 Å². The zero-order valence-electron chi connectivity index (χ0n) is 11.1. The number of benzene rings is 1. The van der Waals surface area contributed by atoms with Crippen molar-refractivity contribution in [1.82, 2.24) is 5.17 Å². The van der Waals surface area contributed by atoms with Crippen LogP contribution in [-0.2, 0) is 9.57 Å². The van der Waals surface area contributed by atoms with E-state index in [0.717, 1.165) is 0 Å². The van der Waals surface area contributed by atoms with Crippen molar-refractivity contribution in [3.8, 4) is 0 Å². The van der Waals surface area contributed by atoms with Gasteiger partial charge in [0.2, 0.25) is 0 Å². The predicted octanol–water partition coefficient (Wildman–Crippen LogP) is 1.50. The molecule has 1 aromatic rings. The molecule has 0 aliphatic carbocycles. The van der Waals surface area contributed by atoms with Gasteiger partial charge in [-0.05, 0) is 18.2 Å². The van der Waals surface area contributed by atoms with Crippen molar-refractivity contribution < 1.29 is 19.3 Å². The van der Waals surface area contributed by atoms with E-state index in [0.29, 0.717) is 0 Å². The van der Waals surface area contributed by atoms with E-state index >= 15 is 0 Å². The first-order chi connectivity index (χ1) is 10.1. The van der Waals surface area contributed by atoms with Gasteiger partial charge in [-0.3, -0.25) is 10.1 Å². The first-order valence-corrected chi connectivity index (χ1v) is 5.86. The molecule has 110 valence electrons. The van der Waals surface area contributed by atoms with Crippen LogP contribution < -0.4 is 5.32 Å². The Bertz CT molecular complexity index is 614. The van der Waals surface area contributed by atoms with Gasteiger partial charge in [-0.2, -0.15) is 0 Å². The van der Waals surface area contributed by atoms with Gasteiger partial charge in [0.25, 0.3) is 5.69 Å². The van der Waals surface area contributed by atoms with E-state index < -0.39 is 10.9 Å². The van der Waals surface area contributed by atoms with Crippen LogP contribution in [-0.4, -0.2) is 36.1 Å². The summed E-state index contributed by atoms with van der Waals surface area (Å²) in [5.41, 5.74) is 0.198. The van der Waals surface area contributed by atoms with Crippen LogP contribution in [0.2, 0.25) is 0 Å². The van der Waals surface area contributed by atoms with Gasteiger partial charge >= 0.3 is 5.97 Å². The quantitative estimate of drug-likeness (QED) is 0.498. The summed E-state index contributed by atoms with van der Waals surface area (Å²) < 4.78 is 4.58. The van der Waals surface area contributed by atoms with Crippen molar-refractivity contribution in [2.75, 3.05) is 19.1 Å². The molecular weight excluding hydrogens is 280 g/mol. The molecule has 0 radical (unpaired) electrons. The Morgan fingerprint density at radius 2 is 2.38 bits per heavy atom. The third-order valence-corrected chi connectivity index (χ3v) is 2.56. The maximum atomic E-state index is 11.5. The SMILES string of the molecule is COC(=O)c1ccc([N+](=O)[O-])c(NCN2N=CC=CO2)c1. The number of allylic oxidation sites excluding steroid dienone is 1. The lowest BCUT2D eigenvalue weighted by Crippen LogP contribution is -2.24. The van der Waals surface area contributed by atoms with Crippen molar-refractivity contribution in [3.63, 3.8) is 0 Å². The van der Waals surface area contributed by atoms with Crippen molar-refractivity contribution in [1.29, 1.82) is 0 Å². The summed E-state index contributed by atoms with van der Waals surface area (Å²) in [7, 11) is 1.24. The highest BCUT2D eigenvalue weighted by molar-refractivity contribution is 5.91. The lowest BCUT2D eigenvalue weighted by atomic mass is 10.1. The first-order valence-electron chi connectivity index (χ1n) is 5.86. The number of hydrazone groups is 1. The molecule has 0 bridgehead atoms. The molecule has 1 aromatic carbocycles. The average molecular weight is 292 g/mol. The standard InChI is InChI=1S/C12H12N4O5/c1-20-12(17)9-3-4-11(16(18)19)10(7-9)13-8-15-14-5-2-6-21-15/h2-7,13H,8H2,1H3. The number of esters is 1. The number of carbonyl (C=O) groups is 1. The number of nitro benzene ring substituents is 1. The molecule has 0 amide bonds. The highest BCUT2D eigenvalue weighted by Crippen LogP contribution is 2.25. The van der Waals surface area contributed by atoms with Crippen molar-refractivity contribution in [3.05, 3.63) is 46.2 Å². The molecule has 0 atom stereocenters. The van der Waals surface area contributed by atoms with Crippen LogP contribution in [0.3, 0.4) is 0 Å². The highest BCUT2D eigenvalue weighted by Gasteiger charge is 2.17. The van der Waals surface area contributed by atoms with Gasteiger partial charge in [-0.15, -0.1) is 10.3 Å². The number of hydrogen-bond donors (Lipinski definition) is 1. The molecule has 1 aliphatic rings. The van der Waals surface area contributed by atoms with E-state index in [9.17, 15) is 14.9 Å². The average Bonchev–Trinajstić information content (AvgIpc) is 2.52. The first kappa shape index (κ1) is 14.3. The monoisotopic (exact) mass is 292 g/mol. The van der Waals surface area contributed by atoms with Crippen LogP contribution in [0.5, 0.6) is 0 Å². The van der Waals surface area contributed by atoms with Crippen LogP contribution >= 0.6 is 0 Å². The minimum Gasteiger partial charge on any atom is -0.465 e. The summed E-state index contributed by atoms with van der Waals surface area (Å²) in [5.74, 6) is -0.580. The number of hydroxylamine groups is 1. The summed E-state index contributed by atoms with van der Waals surface area (Å²) in [5, 5.41) is 18.8. The van der Waals surface area contributed by atoms with Crippen molar-refractivity contribution in [2.45, 2.75) is 0 Å². The fourth-order valence-electron chi connectivity index (χ4n) is 1.59. The summed E-state index contributed by atoms with van der Waals surface area (Å²) in [4.78, 5) is 26.9.